The first-order valence-electron chi connectivity index (χ1n) is 12.6. The highest BCUT2D eigenvalue weighted by atomic mass is 19.4. The number of nitrogens with one attached hydrogen (secondary N) is 1. The van der Waals surface area contributed by atoms with Gasteiger partial charge in [-0.3, -0.25) is 14.6 Å². The molecule has 5 rings (SSSR count). The van der Waals surface area contributed by atoms with E-state index in [1.807, 2.05) is 29.2 Å². The molecule has 9 heteroatoms. The first-order valence-corrected chi connectivity index (χ1v) is 12.6. The van der Waals surface area contributed by atoms with Crippen molar-refractivity contribution in [3.8, 4) is 0 Å². The molecule has 36 heavy (non-hydrogen) atoms. The van der Waals surface area contributed by atoms with Crippen molar-refractivity contribution in [2.45, 2.75) is 43.8 Å². The molecule has 1 aliphatic carbocycles. The lowest BCUT2D eigenvalue weighted by Gasteiger charge is -2.36. The predicted octanol–water partition coefficient (Wildman–Crippen LogP) is 4.39. The van der Waals surface area contributed by atoms with E-state index in [1.165, 1.54) is 17.0 Å². The van der Waals surface area contributed by atoms with Crippen molar-refractivity contribution in [1.29, 1.82) is 0 Å². The van der Waals surface area contributed by atoms with E-state index >= 15 is 0 Å². The summed E-state index contributed by atoms with van der Waals surface area (Å²) in [6, 6.07) is 13.0. The van der Waals surface area contributed by atoms with Crippen molar-refractivity contribution in [3.05, 3.63) is 65.2 Å². The number of hydrogen-bond donors (Lipinski definition) is 1. The number of alkyl halides is 3. The van der Waals surface area contributed by atoms with Crippen molar-refractivity contribution in [1.82, 2.24) is 15.1 Å². The number of piperazine rings is 1. The Balaban J connectivity index is 1.10. The molecule has 192 valence electrons. The second-order valence-corrected chi connectivity index (χ2v) is 9.89. The molecule has 0 bridgehead atoms. The molecule has 2 aromatic rings. The smallest absolute Gasteiger partial charge is 0.369 e. The third-order valence-corrected chi connectivity index (χ3v) is 7.67. The quantitative estimate of drug-likeness (QED) is 0.472. The fourth-order valence-electron chi connectivity index (χ4n) is 5.73. The van der Waals surface area contributed by atoms with E-state index in [0.29, 0.717) is 38.2 Å². The van der Waals surface area contributed by atoms with E-state index in [2.05, 4.69) is 10.2 Å². The van der Waals surface area contributed by atoms with Gasteiger partial charge in [0.25, 0.3) is 5.91 Å². The number of anilines is 1. The molecule has 0 saturated carbocycles. The number of nitrogens with zero attached hydrogens (tertiary/aromatic N) is 3. The van der Waals surface area contributed by atoms with Crippen LogP contribution >= 0.6 is 0 Å². The van der Waals surface area contributed by atoms with Crippen molar-refractivity contribution >= 4 is 17.6 Å². The third-order valence-electron chi connectivity index (χ3n) is 7.67. The number of hydrogen-bond acceptors (Lipinski definition) is 4. The number of fused-ring (bicyclic) bond motifs is 2. The normalized spacial score (nSPS) is 22.8. The molecule has 3 amide bonds. The summed E-state index contributed by atoms with van der Waals surface area (Å²) in [6.07, 6.45) is -0.382. The summed E-state index contributed by atoms with van der Waals surface area (Å²) in [6.45, 7) is 4.07. The highest BCUT2D eigenvalue weighted by Gasteiger charge is 2.53. The fraction of sp³-hybridized carbons (Fsp3) is 0.481. The number of urea groups is 1. The van der Waals surface area contributed by atoms with E-state index in [4.69, 9.17) is 0 Å². The van der Waals surface area contributed by atoms with Gasteiger partial charge in [0.05, 0.1) is 5.56 Å². The van der Waals surface area contributed by atoms with E-state index in [1.54, 1.807) is 6.07 Å². The zero-order chi connectivity index (χ0) is 25.3. The highest BCUT2D eigenvalue weighted by molar-refractivity contribution is 6.07. The number of halogens is 3. The van der Waals surface area contributed by atoms with Gasteiger partial charge in [-0.1, -0.05) is 30.3 Å². The van der Waals surface area contributed by atoms with Crippen LogP contribution in [0, 0.1) is 0 Å². The number of aryl methyl sites for hydroxylation is 1. The van der Waals surface area contributed by atoms with Crippen molar-refractivity contribution in [2.24, 2.45) is 0 Å². The minimum absolute atomic E-state index is 0.144. The van der Waals surface area contributed by atoms with Gasteiger partial charge < -0.3 is 10.2 Å². The van der Waals surface area contributed by atoms with Crippen LogP contribution in [0.4, 0.5) is 23.7 Å². The van der Waals surface area contributed by atoms with Crippen LogP contribution in [0.5, 0.6) is 0 Å². The number of benzene rings is 2. The average molecular weight is 501 g/mol. The Morgan fingerprint density at radius 3 is 2.44 bits per heavy atom. The van der Waals surface area contributed by atoms with Gasteiger partial charge in [0.15, 0.2) is 0 Å². The molecule has 1 N–H and O–H groups in total. The van der Waals surface area contributed by atoms with Crippen molar-refractivity contribution in [2.75, 3.05) is 44.2 Å². The summed E-state index contributed by atoms with van der Waals surface area (Å²) in [7, 11) is 0. The maximum atomic E-state index is 13.4. The van der Waals surface area contributed by atoms with Gasteiger partial charge >= 0.3 is 12.2 Å². The lowest BCUT2D eigenvalue weighted by Crippen LogP contribution is -2.47. The Hall–Kier alpha value is -3.07. The Labute approximate surface area is 209 Å². The van der Waals surface area contributed by atoms with E-state index < -0.39 is 17.3 Å². The molecule has 1 atom stereocenters. The summed E-state index contributed by atoms with van der Waals surface area (Å²) in [5, 5.41) is 3.00. The van der Waals surface area contributed by atoms with Crippen molar-refractivity contribution in [3.63, 3.8) is 0 Å². The van der Waals surface area contributed by atoms with Crippen LogP contribution in [0.15, 0.2) is 48.5 Å². The lowest BCUT2D eigenvalue weighted by atomic mass is 9.76. The topological polar surface area (TPSA) is 55.9 Å². The molecule has 0 radical (unpaired) electrons. The van der Waals surface area contributed by atoms with E-state index in [-0.39, 0.29) is 11.9 Å². The molecule has 6 nitrogen and oxygen atoms in total. The SMILES string of the molecule is O=C1NC2(CCCc3ccccc32)C(=O)N1CCCCN1CCN(c2cccc(C(F)(F)F)c2)CC1. The lowest BCUT2D eigenvalue weighted by molar-refractivity contribution is -0.137. The summed E-state index contributed by atoms with van der Waals surface area (Å²) < 4.78 is 39.1. The third kappa shape index (κ3) is 4.68. The minimum Gasteiger partial charge on any atom is -0.369 e. The summed E-state index contributed by atoms with van der Waals surface area (Å²) in [5.41, 5.74) is 1.10. The van der Waals surface area contributed by atoms with Gasteiger partial charge in [0.2, 0.25) is 0 Å². The molecule has 2 aliphatic heterocycles. The first kappa shape index (κ1) is 24.6. The van der Waals surface area contributed by atoms with Crippen LogP contribution in [-0.2, 0) is 22.9 Å². The number of carbonyl (C=O) groups is 2. The maximum Gasteiger partial charge on any atom is 0.416 e. The second kappa shape index (κ2) is 9.76. The van der Waals surface area contributed by atoms with Crippen LogP contribution in [0.25, 0.3) is 0 Å². The first-order chi connectivity index (χ1) is 17.3. The second-order valence-electron chi connectivity index (χ2n) is 9.89. The Morgan fingerprint density at radius 1 is 0.917 bits per heavy atom. The van der Waals surface area contributed by atoms with E-state index in [9.17, 15) is 22.8 Å². The molecule has 1 spiro atoms. The molecule has 0 aromatic heterocycles. The molecule has 3 aliphatic rings. The molecular formula is C27H31F3N4O2. The zero-order valence-corrected chi connectivity index (χ0v) is 20.2. The number of unbranched alkanes of at least 4 members (excludes halogenated alkanes) is 1. The molecular weight excluding hydrogens is 469 g/mol. The number of rotatable bonds is 6. The van der Waals surface area contributed by atoms with Gasteiger partial charge in [0.1, 0.15) is 5.54 Å². The molecule has 2 fully saturated rings. The average Bonchev–Trinajstić information content (AvgIpc) is 3.11. The van der Waals surface area contributed by atoms with Crippen LogP contribution < -0.4 is 10.2 Å². The number of amides is 3. The highest BCUT2D eigenvalue weighted by Crippen LogP contribution is 2.40. The summed E-state index contributed by atoms with van der Waals surface area (Å²) in [5.74, 6) is -0.144. The predicted molar refractivity (Wildman–Crippen MR) is 131 cm³/mol. The van der Waals surface area contributed by atoms with Crippen LogP contribution in [0.3, 0.4) is 0 Å². The van der Waals surface area contributed by atoms with Crippen LogP contribution in [0.1, 0.15) is 42.4 Å². The van der Waals surface area contributed by atoms with Gasteiger partial charge in [-0.25, -0.2) is 4.79 Å². The van der Waals surface area contributed by atoms with Gasteiger partial charge in [0, 0.05) is 38.4 Å². The Kier molecular flexibility index (Phi) is 6.68. The number of carbonyl (C=O) groups excluding carboxylic acids is 2. The van der Waals surface area contributed by atoms with Crippen molar-refractivity contribution < 1.29 is 22.8 Å². The van der Waals surface area contributed by atoms with Crippen LogP contribution in [-0.4, -0.2) is 61.0 Å². The summed E-state index contributed by atoms with van der Waals surface area (Å²) >= 11 is 0. The fourth-order valence-corrected chi connectivity index (χ4v) is 5.73. The Bertz CT molecular complexity index is 1130. The zero-order valence-electron chi connectivity index (χ0n) is 20.2. The van der Waals surface area contributed by atoms with Gasteiger partial charge in [-0.2, -0.15) is 13.2 Å². The van der Waals surface area contributed by atoms with E-state index in [0.717, 1.165) is 56.1 Å². The molecule has 2 aromatic carbocycles. The van der Waals surface area contributed by atoms with Crippen LogP contribution in [0.2, 0.25) is 0 Å². The molecule has 1 unspecified atom stereocenters. The summed E-state index contributed by atoms with van der Waals surface area (Å²) in [4.78, 5) is 31.7. The van der Waals surface area contributed by atoms with Gasteiger partial charge in [-0.05, 0) is 68.0 Å². The molecule has 2 heterocycles. The maximum absolute atomic E-state index is 13.4. The monoisotopic (exact) mass is 500 g/mol. The largest absolute Gasteiger partial charge is 0.416 e. The molecule has 2 saturated heterocycles. The van der Waals surface area contributed by atoms with Gasteiger partial charge in [-0.15, -0.1) is 0 Å². The Morgan fingerprint density at radius 2 is 1.67 bits per heavy atom. The minimum atomic E-state index is -4.34. The standard InChI is InChI=1S/C27H31F3N4O2/c28-27(29,30)21-9-5-10-22(19-21)33-17-15-32(16-18-33)13-3-4-14-34-24(35)26(31-25(34)36)12-6-8-20-7-1-2-11-23(20)26/h1-2,5,7,9-11,19H,3-4,6,8,12-18H2,(H,31,36). The number of imide groups is 1.